The molecule has 0 fully saturated rings. The molecular formula is C8H7N3O2. The fourth-order valence-corrected chi connectivity index (χ4v) is 0.911. The van der Waals surface area contributed by atoms with Crippen molar-refractivity contribution in [3.8, 4) is 11.6 Å². The minimum absolute atomic E-state index is 0.226. The van der Waals surface area contributed by atoms with Crippen molar-refractivity contribution in [2.24, 2.45) is 0 Å². The smallest absolute Gasteiger partial charge is 0.276 e. The van der Waals surface area contributed by atoms with E-state index < -0.39 is 0 Å². The van der Waals surface area contributed by atoms with Crippen molar-refractivity contribution < 1.29 is 9.63 Å². The number of aliphatic hydroxyl groups excluding tert-OH is 1. The molecule has 0 unspecified atom stereocenters. The molecule has 0 aliphatic rings. The third-order valence-corrected chi connectivity index (χ3v) is 1.49. The second kappa shape index (κ2) is 3.32. The predicted octanol–water partition coefficient (Wildman–Crippen LogP) is 0.624. The van der Waals surface area contributed by atoms with Gasteiger partial charge in [0.05, 0.1) is 0 Å². The summed E-state index contributed by atoms with van der Waals surface area (Å²) in [7, 11) is 0. The van der Waals surface area contributed by atoms with E-state index in [0.717, 1.165) is 0 Å². The summed E-state index contributed by atoms with van der Waals surface area (Å²) in [6.07, 6.45) is 1.64. The lowest BCUT2D eigenvalue weighted by Gasteiger charge is -1.88. The van der Waals surface area contributed by atoms with Crippen molar-refractivity contribution in [3.63, 3.8) is 0 Å². The molecule has 0 saturated carbocycles. The highest BCUT2D eigenvalue weighted by molar-refractivity contribution is 5.45. The average molecular weight is 177 g/mol. The number of aliphatic hydroxyl groups is 1. The Morgan fingerprint density at radius 1 is 1.38 bits per heavy atom. The molecule has 0 aromatic carbocycles. The maximum Gasteiger partial charge on any atom is 0.276 e. The van der Waals surface area contributed by atoms with Crippen molar-refractivity contribution in [1.82, 2.24) is 15.1 Å². The molecule has 0 radical (unpaired) electrons. The normalized spacial score (nSPS) is 10.2. The van der Waals surface area contributed by atoms with Crippen molar-refractivity contribution in [2.75, 3.05) is 0 Å². The molecule has 0 amide bonds. The van der Waals surface area contributed by atoms with Gasteiger partial charge in [0.1, 0.15) is 12.3 Å². The first kappa shape index (κ1) is 7.88. The molecule has 5 heteroatoms. The number of aromatic nitrogens is 3. The van der Waals surface area contributed by atoms with E-state index >= 15 is 0 Å². The molecule has 0 saturated heterocycles. The van der Waals surface area contributed by atoms with E-state index in [0.29, 0.717) is 11.6 Å². The topological polar surface area (TPSA) is 72.0 Å². The van der Waals surface area contributed by atoms with Gasteiger partial charge in [0.15, 0.2) is 5.82 Å². The lowest BCUT2D eigenvalue weighted by Crippen LogP contribution is -1.85. The summed E-state index contributed by atoms with van der Waals surface area (Å²) in [6.45, 7) is -0.226. The summed E-state index contributed by atoms with van der Waals surface area (Å²) in [6, 6.07) is 5.38. The van der Waals surface area contributed by atoms with Crippen LogP contribution in [0.1, 0.15) is 5.82 Å². The molecule has 13 heavy (non-hydrogen) atoms. The number of nitrogens with zero attached hydrogens (tertiary/aromatic N) is 3. The molecule has 2 heterocycles. The highest BCUT2D eigenvalue weighted by atomic mass is 16.5. The third-order valence-electron chi connectivity index (χ3n) is 1.49. The second-order valence-electron chi connectivity index (χ2n) is 2.39. The van der Waals surface area contributed by atoms with Gasteiger partial charge in [0, 0.05) is 6.20 Å². The highest BCUT2D eigenvalue weighted by Gasteiger charge is 2.07. The maximum atomic E-state index is 8.69. The minimum atomic E-state index is -0.226. The van der Waals surface area contributed by atoms with Gasteiger partial charge in [-0.25, -0.2) is 0 Å². The van der Waals surface area contributed by atoms with Crippen LogP contribution in [-0.4, -0.2) is 20.2 Å². The minimum Gasteiger partial charge on any atom is -0.388 e. The Labute approximate surface area is 74.1 Å². The van der Waals surface area contributed by atoms with Crippen LogP contribution >= 0.6 is 0 Å². The summed E-state index contributed by atoms with van der Waals surface area (Å²) in [5.74, 6) is 0.588. The van der Waals surface area contributed by atoms with Gasteiger partial charge in [0.2, 0.25) is 0 Å². The molecule has 0 bridgehead atoms. The summed E-state index contributed by atoms with van der Waals surface area (Å²) >= 11 is 0. The molecule has 0 aliphatic carbocycles. The number of rotatable bonds is 2. The number of hydrogen-bond donors (Lipinski definition) is 1. The van der Waals surface area contributed by atoms with Crippen LogP contribution in [0.4, 0.5) is 0 Å². The first-order valence-electron chi connectivity index (χ1n) is 3.75. The van der Waals surface area contributed by atoms with Crippen molar-refractivity contribution >= 4 is 0 Å². The lowest BCUT2D eigenvalue weighted by atomic mass is 10.3. The molecule has 0 atom stereocenters. The monoisotopic (exact) mass is 177 g/mol. The van der Waals surface area contributed by atoms with Gasteiger partial charge >= 0.3 is 0 Å². The van der Waals surface area contributed by atoms with Gasteiger partial charge in [-0.15, -0.1) is 0 Å². The largest absolute Gasteiger partial charge is 0.388 e. The van der Waals surface area contributed by atoms with E-state index in [-0.39, 0.29) is 12.4 Å². The third kappa shape index (κ3) is 1.54. The van der Waals surface area contributed by atoms with Gasteiger partial charge in [-0.05, 0) is 12.1 Å². The van der Waals surface area contributed by atoms with E-state index in [9.17, 15) is 0 Å². The molecule has 2 rings (SSSR count). The van der Waals surface area contributed by atoms with Gasteiger partial charge in [-0.3, -0.25) is 4.98 Å². The van der Waals surface area contributed by atoms with Gasteiger partial charge < -0.3 is 9.63 Å². The first-order chi connectivity index (χ1) is 6.40. The van der Waals surface area contributed by atoms with E-state index in [1.54, 1.807) is 18.3 Å². The van der Waals surface area contributed by atoms with Crippen LogP contribution in [0.2, 0.25) is 0 Å². The van der Waals surface area contributed by atoms with Crippen molar-refractivity contribution in [3.05, 3.63) is 30.2 Å². The summed E-state index contributed by atoms with van der Waals surface area (Å²) in [5, 5.41) is 12.2. The Hall–Kier alpha value is -1.75. The Morgan fingerprint density at radius 2 is 2.31 bits per heavy atom. The lowest BCUT2D eigenvalue weighted by molar-refractivity contribution is 0.264. The van der Waals surface area contributed by atoms with Crippen LogP contribution < -0.4 is 0 Å². The number of hydrogen-bond acceptors (Lipinski definition) is 5. The van der Waals surface area contributed by atoms with E-state index in [4.69, 9.17) is 9.63 Å². The molecule has 66 valence electrons. The number of pyridine rings is 1. The molecule has 1 N–H and O–H groups in total. The maximum absolute atomic E-state index is 8.69. The Kier molecular flexibility index (Phi) is 2.01. The Morgan fingerprint density at radius 3 is 2.92 bits per heavy atom. The fraction of sp³-hybridized carbons (Fsp3) is 0.125. The standard InChI is InChI=1S/C8H7N3O2/c12-5-7-10-8(13-11-7)6-3-1-2-4-9-6/h1-4,12H,5H2. The van der Waals surface area contributed by atoms with Gasteiger partial charge in [-0.1, -0.05) is 11.2 Å². The van der Waals surface area contributed by atoms with Gasteiger partial charge in [-0.2, -0.15) is 4.98 Å². The summed E-state index contributed by atoms with van der Waals surface area (Å²) in [5.41, 5.74) is 0.606. The van der Waals surface area contributed by atoms with Crippen LogP contribution in [0, 0.1) is 0 Å². The van der Waals surface area contributed by atoms with Crippen LogP contribution in [0.15, 0.2) is 28.9 Å². The molecular weight excluding hydrogens is 170 g/mol. The Balaban J connectivity index is 2.36. The quantitative estimate of drug-likeness (QED) is 0.728. The molecule has 5 nitrogen and oxygen atoms in total. The first-order valence-corrected chi connectivity index (χ1v) is 3.75. The summed E-state index contributed by atoms with van der Waals surface area (Å²) < 4.78 is 4.86. The molecule has 2 aromatic heterocycles. The van der Waals surface area contributed by atoms with Gasteiger partial charge in [0.25, 0.3) is 5.89 Å². The average Bonchev–Trinajstić information content (AvgIpc) is 2.67. The van der Waals surface area contributed by atoms with Crippen molar-refractivity contribution in [2.45, 2.75) is 6.61 Å². The van der Waals surface area contributed by atoms with E-state index in [1.165, 1.54) is 0 Å². The second-order valence-corrected chi connectivity index (χ2v) is 2.39. The van der Waals surface area contributed by atoms with E-state index in [1.807, 2.05) is 6.07 Å². The molecule has 0 spiro atoms. The van der Waals surface area contributed by atoms with Crippen LogP contribution in [-0.2, 0) is 6.61 Å². The van der Waals surface area contributed by atoms with Crippen LogP contribution in [0.25, 0.3) is 11.6 Å². The zero-order valence-corrected chi connectivity index (χ0v) is 6.71. The predicted molar refractivity (Wildman–Crippen MR) is 43.5 cm³/mol. The van der Waals surface area contributed by atoms with Crippen LogP contribution in [0.3, 0.4) is 0 Å². The van der Waals surface area contributed by atoms with Crippen LogP contribution in [0.5, 0.6) is 0 Å². The Bertz CT molecular complexity index is 385. The molecule has 2 aromatic rings. The zero-order chi connectivity index (χ0) is 9.10. The zero-order valence-electron chi connectivity index (χ0n) is 6.71. The van der Waals surface area contributed by atoms with E-state index in [2.05, 4.69) is 15.1 Å². The SMILES string of the molecule is OCc1noc(-c2ccccn2)n1. The highest BCUT2D eigenvalue weighted by Crippen LogP contribution is 2.12. The molecule has 0 aliphatic heterocycles. The fourth-order valence-electron chi connectivity index (χ4n) is 0.911. The van der Waals surface area contributed by atoms with Crippen molar-refractivity contribution in [1.29, 1.82) is 0 Å². The summed E-state index contributed by atoms with van der Waals surface area (Å²) in [4.78, 5) is 7.93.